The van der Waals surface area contributed by atoms with E-state index in [9.17, 15) is 4.79 Å². The molecule has 0 aliphatic heterocycles. The molecule has 0 saturated carbocycles. The van der Waals surface area contributed by atoms with Crippen molar-refractivity contribution in [1.82, 2.24) is 0 Å². The van der Waals surface area contributed by atoms with Crippen LogP contribution in [0.15, 0.2) is 18.2 Å². The van der Waals surface area contributed by atoms with Gasteiger partial charge in [-0.2, -0.15) is 5.26 Å². The lowest BCUT2D eigenvalue weighted by Gasteiger charge is -2.14. The highest BCUT2D eigenvalue weighted by Crippen LogP contribution is 2.29. The van der Waals surface area contributed by atoms with Crippen LogP contribution in [0.3, 0.4) is 0 Å². The van der Waals surface area contributed by atoms with Crippen molar-refractivity contribution in [3.05, 3.63) is 23.8 Å². The number of nitrogens with zero attached hydrogens (tertiary/aromatic N) is 1. The number of hydrogen-bond donors (Lipinski definition) is 1. The summed E-state index contributed by atoms with van der Waals surface area (Å²) in [4.78, 5) is 10.9. The van der Waals surface area contributed by atoms with Crippen LogP contribution in [-0.2, 0) is 0 Å². The number of ether oxygens (including phenoxy) is 2. The zero-order valence-electron chi connectivity index (χ0n) is 10.3. The van der Waals surface area contributed by atoms with E-state index in [-0.39, 0.29) is 5.56 Å². The minimum atomic E-state index is -1.03. The SMILES string of the molecule is CCOc1cc(C(=O)O)ccc1OC(C#N)CC. The molecule has 0 heterocycles. The van der Waals surface area contributed by atoms with Crippen molar-refractivity contribution in [3.8, 4) is 17.6 Å². The van der Waals surface area contributed by atoms with Crippen LogP contribution in [-0.4, -0.2) is 23.8 Å². The van der Waals surface area contributed by atoms with Gasteiger partial charge in [0.25, 0.3) is 0 Å². The Morgan fingerprint density at radius 3 is 2.67 bits per heavy atom. The van der Waals surface area contributed by atoms with Crippen LogP contribution in [0.4, 0.5) is 0 Å². The van der Waals surface area contributed by atoms with E-state index in [4.69, 9.17) is 19.8 Å². The quantitative estimate of drug-likeness (QED) is 0.837. The lowest BCUT2D eigenvalue weighted by Crippen LogP contribution is -2.13. The second-order valence-corrected chi connectivity index (χ2v) is 3.54. The molecule has 96 valence electrons. The average Bonchev–Trinajstić information content (AvgIpc) is 2.37. The number of rotatable bonds is 6. The molecule has 5 heteroatoms. The Labute approximate surface area is 106 Å². The summed E-state index contributed by atoms with van der Waals surface area (Å²) in [6, 6.07) is 6.34. The highest BCUT2D eigenvalue weighted by atomic mass is 16.5. The molecule has 0 spiro atoms. The standard InChI is InChI=1S/C13H15NO4/c1-3-10(8-14)18-11-6-5-9(13(15)16)7-12(11)17-4-2/h5-7,10H,3-4H2,1-2H3,(H,15,16). The molecule has 0 radical (unpaired) electrons. The Balaban J connectivity index is 3.03. The minimum absolute atomic E-state index is 0.121. The summed E-state index contributed by atoms with van der Waals surface area (Å²) < 4.78 is 10.8. The summed E-state index contributed by atoms with van der Waals surface area (Å²) >= 11 is 0. The number of aromatic carboxylic acids is 1. The maximum atomic E-state index is 10.9. The van der Waals surface area contributed by atoms with E-state index < -0.39 is 12.1 Å². The van der Waals surface area contributed by atoms with Crippen LogP contribution < -0.4 is 9.47 Å². The highest BCUT2D eigenvalue weighted by Gasteiger charge is 2.14. The van der Waals surface area contributed by atoms with E-state index in [1.807, 2.05) is 13.0 Å². The third-order valence-corrected chi connectivity index (χ3v) is 2.27. The molecule has 0 bridgehead atoms. The van der Waals surface area contributed by atoms with E-state index in [0.29, 0.717) is 24.5 Å². The van der Waals surface area contributed by atoms with Gasteiger partial charge in [0, 0.05) is 0 Å². The topological polar surface area (TPSA) is 79.6 Å². The molecule has 0 fully saturated rings. The molecule has 0 aliphatic rings. The van der Waals surface area contributed by atoms with E-state index >= 15 is 0 Å². The third-order valence-electron chi connectivity index (χ3n) is 2.27. The minimum Gasteiger partial charge on any atom is -0.490 e. The van der Waals surface area contributed by atoms with Gasteiger partial charge in [0.2, 0.25) is 0 Å². The molecule has 5 nitrogen and oxygen atoms in total. The van der Waals surface area contributed by atoms with Crippen LogP contribution in [0.25, 0.3) is 0 Å². The van der Waals surface area contributed by atoms with Gasteiger partial charge < -0.3 is 14.6 Å². The van der Waals surface area contributed by atoms with Gasteiger partial charge in [0.15, 0.2) is 17.6 Å². The fraction of sp³-hybridized carbons (Fsp3) is 0.385. The Kier molecular flexibility index (Phi) is 5.00. The van der Waals surface area contributed by atoms with Crippen molar-refractivity contribution in [1.29, 1.82) is 5.26 Å². The largest absolute Gasteiger partial charge is 0.490 e. The van der Waals surface area contributed by atoms with Gasteiger partial charge in [0.1, 0.15) is 6.07 Å². The van der Waals surface area contributed by atoms with Crippen molar-refractivity contribution < 1.29 is 19.4 Å². The lowest BCUT2D eigenvalue weighted by atomic mass is 10.2. The first-order valence-corrected chi connectivity index (χ1v) is 5.68. The molecule has 1 aromatic rings. The van der Waals surface area contributed by atoms with E-state index in [1.54, 1.807) is 6.92 Å². The Morgan fingerprint density at radius 2 is 2.17 bits per heavy atom. The van der Waals surface area contributed by atoms with Gasteiger partial charge in [-0.25, -0.2) is 4.79 Å². The maximum absolute atomic E-state index is 10.9. The first-order valence-electron chi connectivity index (χ1n) is 5.68. The molecule has 0 amide bonds. The lowest BCUT2D eigenvalue weighted by molar-refractivity contribution is 0.0696. The van der Waals surface area contributed by atoms with E-state index in [1.165, 1.54) is 18.2 Å². The van der Waals surface area contributed by atoms with Crippen molar-refractivity contribution in [2.24, 2.45) is 0 Å². The molecule has 0 aromatic heterocycles. The van der Waals surface area contributed by atoms with Crippen molar-refractivity contribution in [2.45, 2.75) is 26.4 Å². The average molecular weight is 249 g/mol. The molecule has 0 saturated heterocycles. The number of carboxylic acids is 1. The van der Waals surface area contributed by atoms with Gasteiger partial charge in [-0.1, -0.05) is 6.92 Å². The summed E-state index contributed by atoms with van der Waals surface area (Å²) in [7, 11) is 0. The van der Waals surface area contributed by atoms with Gasteiger partial charge in [0.05, 0.1) is 12.2 Å². The molecule has 1 aromatic carbocycles. The van der Waals surface area contributed by atoms with Crippen molar-refractivity contribution in [2.75, 3.05) is 6.61 Å². The van der Waals surface area contributed by atoms with Crippen LogP contribution >= 0.6 is 0 Å². The summed E-state index contributed by atoms with van der Waals surface area (Å²) in [5, 5.41) is 17.7. The normalized spacial score (nSPS) is 11.4. The number of carbonyl (C=O) groups is 1. The van der Waals surface area contributed by atoms with Crippen molar-refractivity contribution >= 4 is 5.97 Å². The molecule has 1 atom stereocenters. The Bertz CT molecular complexity index is 465. The summed E-state index contributed by atoms with van der Waals surface area (Å²) in [6.45, 7) is 4.02. The van der Waals surface area contributed by atoms with Crippen LogP contribution in [0.5, 0.6) is 11.5 Å². The van der Waals surface area contributed by atoms with Gasteiger partial charge in [-0.3, -0.25) is 0 Å². The zero-order valence-corrected chi connectivity index (χ0v) is 10.3. The fourth-order valence-electron chi connectivity index (χ4n) is 1.36. The number of nitriles is 1. The fourth-order valence-corrected chi connectivity index (χ4v) is 1.36. The summed E-state index contributed by atoms with van der Waals surface area (Å²) in [6.07, 6.45) is -0.0252. The molecule has 1 unspecified atom stereocenters. The Hall–Kier alpha value is -2.22. The van der Waals surface area contributed by atoms with E-state index in [2.05, 4.69) is 0 Å². The molecule has 18 heavy (non-hydrogen) atoms. The van der Waals surface area contributed by atoms with Gasteiger partial charge in [-0.15, -0.1) is 0 Å². The second kappa shape index (κ2) is 6.50. The molecular formula is C13H15NO4. The van der Waals surface area contributed by atoms with Gasteiger partial charge in [-0.05, 0) is 31.5 Å². The van der Waals surface area contributed by atoms with Crippen LogP contribution in [0.1, 0.15) is 30.6 Å². The number of carboxylic acid groups (broad SMARTS) is 1. The monoisotopic (exact) mass is 249 g/mol. The highest BCUT2D eigenvalue weighted by molar-refractivity contribution is 5.88. The second-order valence-electron chi connectivity index (χ2n) is 3.54. The predicted molar refractivity (Wildman–Crippen MR) is 64.9 cm³/mol. The molecular weight excluding hydrogens is 234 g/mol. The third kappa shape index (κ3) is 3.39. The molecule has 1 N–H and O–H groups in total. The van der Waals surface area contributed by atoms with Gasteiger partial charge >= 0.3 is 5.97 Å². The Morgan fingerprint density at radius 1 is 1.44 bits per heavy atom. The number of benzene rings is 1. The molecule has 1 rings (SSSR count). The zero-order chi connectivity index (χ0) is 13.5. The predicted octanol–water partition coefficient (Wildman–Crippen LogP) is 2.46. The van der Waals surface area contributed by atoms with E-state index in [0.717, 1.165) is 0 Å². The summed E-state index contributed by atoms with van der Waals surface area (Å²) in [5.41, 5.74) is 0.121. The van der Waals surface area contributed by atoms with Crippen LogP contribution in [0.2, 0.25) is 0 Å². The molecule has 0 aliphatic carbocycles. The van der Waals surface area contributed by atoms with Crippen molar-refractivity contribution in [3.63, 3.8) is 0 Å². The first-order chi connectivity index (χ1) is 8.62. The maximum Gasteiger partial charge on any atom is 0.335 e. The van der Waals surface area contributed by atoms with Crippen LogP contribution in [0, 0.1) is 11.3 Å². The smallest absolute Gasteiger partial charge is 0.335 e. The number of hydrogen-bond acceptors (Lipinski definition) is 4. The summed E-state index contributed by atoms with van der Waals surface area (Å²) in [5.74, 6) is -0.309. The first kappa shape index (κ1) is 13.8.